The van der Waals surface area contributed by atoms with Gasteiger partial charge < -0.3 is 9.47 Å². The molecule has 6 heteroatoms. The number of aryl methyl sites for hydroxylation is 1. The van der Waals surface area contributed by atoms with E-state index in [-0.39, 0.29) is 23.6 Å². The van der Waals surface area contributed by atoms with Gasteiger partial charge in [0.25, 0.3) is 0 Å². The van der Waals surface area contributed by atoms with Crippen molar-refractivity contribution in [1.29, 1.82) is 0 Å². The fourth-order valence-electron chi connectivity index (χ4n) is 4.06. The molecule has 1 aromatic carbocycles. The summed E-state index contributed by atoms with van der Waals surface area (Å²) in [5.41, 5.74) is 2.21. The van der Waals surface area contributed by atoms with Gasteiger partial charge >= 0.3 is 5.97 Å². The molecule has 1 aromatic heterocycles. The van der Waals surface area contributed by atoms with Crippen LogP contribution in [0.2, 0.25) is 0 Å². The Morgan fingerprint density at radius 2 is 2.25 bits per heavy atom. The SMILES string of the molecule is Cc1cc(-n2cncn2)ccc1C(=O)O[C@@H]1[C@H]2CCO[C@H]2C1(C)C. The van der Waals surface area contributed by atoms with Gasteiger partial charge in [-0.25, -0.2) is 14.5 Å². The van der Waals surface area contributed by atoms with E-state index in [1.165, 1.54) is 6.33 Å². The Kier molecular flexibility index (Phi) is 3.46. The molecule has 24 heavy (non-hydrogen) atoms. The molecule has 3 atom stereocenters. The minimum atomic E-state index is -0.263. The second kappa shape index (κ2) is 5.41. The first-order chi connectivity index (χ1) is 11.5. The third-order valence-corrected chi connectivity index (χ3v) is 5.34. The van der Waals surface area contributed by atoms with E-state index in [9.17, 15) is 4.79 Å². The Morgan fingerprint density at radius 1 is 1.42 bits per heavy atom. The number of hydrogen-bond donors (Lipinski definition) is 0. The van der Waals surface area contributed by atoms with E-state index in [1.807, 2.05) is 19.1 Å². The highest BCUT2D eigenvalue weighted by Crippen LogP contribution is 2.53. The Labute approximate surface area is 140 Å². The molecule has 0 spiro atoms. The molecule has 1 saturated heterocycles. The maximum absolute atomic E-state index is 12.6. The van der Waals surface area contributed by atoms with Crippen molar-refractivity contribution in [1.82, 2.24) is 14.8 Å². The van der Waals surface area contributed by atoms with E-state index in [4.69, 9.17) is 9.47 Å². The van der Waals surface area contributed by atoms with Gasteiger partial charge in [0.1, 0.15) is 18.8 Å². The number of esters is 1. The fraction of sp³-hybridized carbons (Fsp3) is 0.500. The van der Waals surface area contributed by atoms with Crippen molar-refractivity contribution in [2.24, 2.45) is 11.3 Å². The highest BCUT2D eigenvalue weighted by Gasteiger charge is 2.61. The van der Waals surface area contributed by atoms with Gasteiger partial charge in [0, 0.05) is 17.9 Å². The summed E-state index contributed by atoms with van der Waals surface area (Å²) in [5, 5.41) is 4.10. The third kappa shape index (κ3) is 2.24. The van der Waals surface area contributed by atoms with Gasteiger partial charge in [-0.2, -0.15) is 5.10 Å². The van der Waals surface area contributed by atoms with Crippen molar-refractivity contribution in [2.75, 3.05) is 6.61 Å². The molecule has 2 fully saturated rings. The highest BCUT2D eigenvalue weighted by molar-refractivity contribution is 5.91. The lowest BCUT2D eigenvalue weighted by atomic mass is 9.59. The maximum Gasteiger partial charge on any atom is 0.338 e. The van der Waals surface area contributed by atoms with Crippen molar-refractivity contribution in [3.05, 3.63) is 42.0 Å². The quantitative estimate of drug-likeness (QED) is 0.811. The molecule has 0 N–H and O–H groups in total. The van der Waals surface area contributed by atoms with Crippen LogP contribution in [0.3, 0.4) is 0 Å². The Balaban J connectivity index is 1.53. The molecule has 0 bridgehead atoms. The van der Waals surface area contributed by atoms with Crippen LogP contribution < -0.4 is 0 Å². The van der Waals surface area contributed by atoms with Gasteiger partial charge in [-0.05, 0) is 37.1 Å². The maximum atomic E-state index is 12.6. The van der Waals surface area contributed by atoms with Gasteiger partial charge in [-0.1, -0.05) is 13.8 Å². The number of ether oxygens (including phenoxy) is 2. The van der Waals surface area contributed by atoms with Gasteiger partial charge in [-0.3, -0.25) is 0 Å². The molecule has 4 rings (SSSR count). The zero-order chi connectivity index (χ0) is 16.9. The van der Waals surface area contributed by atoms with Crippen molar-refractivity contribution in [3.63, 3.8) is 0 Å². The van der Waals surface area contributed by atoms with Gasteiger partial charge in [0.15, 0.2) is 0 Å². The highest BCUT2D eigenvalue weighted by atomic mass is 16.6. The minimum Gasteiger partial charge on any atom is -0.458 e. The molecule has 0 amide bonds. The van der Waals surface area contributed by atoms with Crippen molar-refractivity contribution < 1.29 is 14.3 Å². The molecule has 2 aliphatic rings. The minimum absolute atomic E-state index is 0.0770. The number of nitrogens with zero attached hydrogens (tertiary/aromatic N) is 3. The Hall–Kier alpha value is -2.21. The van der Waals surface area contributed by atoms with Crippen LogP contribution in [0.5, 0.6) is 0 Å². The summed E-state index contributed by atoms with van der Waals surface area (Å²) in [6, 6.07) is 5.56. The van der Waals surface area contributed by atoms with Crippen LogP contribution in [0.15, 0.2) is 30.9 Å². The van der Waals surface area contributed by atoms with Gasteiger partial charge in [0.2, 0.25) is 0 Å². The number of rotatable bonds is 3. The molecule has 2 heterocycles. The van der Waals surface area contributed by atoms with Crippen LogP contribution in [0.1, 0.15) is 36.2 Å². The average Bonchev–Trinajstić information content (AvgIpc) is 3.22. The number of fused-ring (bicyclic) bond motifs is 1. The fourth-order valence-corrected chi connectivity index (χ4v) is 4.06. The predicted molar refractivity (Wildman–Crippen MR) is 86.9 cm³/mol. The zero-order valence-electron chi connectivity index (χ0n) is 14.1. The van der Waals surface area contributed by atoms with E-state index < -0.39 is 0 Å². The summed E-state index contributed by atoms with van der Waals surface area (Å²) in [6.07, 6.45) is 4.22. The van der Waals surface area contributed by atoms with Gasteiger partial charge in [0.05, 0.1) is 17.4 Å². The summed E-state index contributed by atoms with van der Waals surface area (Å²) in [7, 11) is 0. The normalized spacial score (nSPS) is 27.4. The van der Waals surface area contributed by atoms with Crippen LogP contribution in [0.25, 0.3) is 5.69 Å². The van der Waals surface area contributed by atoms with Crippen LogP contribution in [-0.4, -0.2) is 39.5 Å². The summed E-state index contributed by atoms with van der Waals surface area (Å²) in [6.45, 7) is 6.89. The Bertz CT molecular complexity index is 770. The van der Waals surface area contributed by atoms with Crippen LogP contribution in [0, 0.1) is 18.3 Å². The molecule has 2 aromatic rings. The smallest absolute Gasteiger partial charge is 0.338 e. The summed E-state index contributed by atoms with van der Waals surface area (Å²) >= 11 is 0. The summed E-state index contributed by atoms with van der Waals surface area (Å²) < 4.78 is 13.3. The van der Waals surface area contributed by atoms with Crippen LogP contribution >= 0.6 is 0 Å². The molecule has 1 saturated carbocycles. The lowest BCUT2D eigenvalue weighted by Crippen LogP contribution is -2.61. The molecular weight excluding hydrogens is 306 g/mol. The van der Waals surface area contributed by atoms with E-state index in [0.717, 1.165) is 24.3 Å². The summed E-state index contributed by atoms with van der Waals surface area (Å²) in [4.78, 5) is 16.6. The van der Waals surface area contributed by atoms with Crippen molar-refractivity contribution in [2.45, 2.75) is 39.4 Å². The zero-order valence-corrected chi connectivity index (χ0v) is 14.1. The van der Waals surface area contributed by atoms with E-state index in [2.05, 4.69) is 23.9 Å². The number of carbonyl (C=O) groups is 1. The van der Waals surface area contributed by atoms with Gasteiger partial charge in [-0.15, -0.1) is 0 Å². The first-order valence-electron chi connectivity index (χ1n) is 8.27. The molecule has 126 valence electrons. The standard InChI is InChI=1S/C18H21N3O3/c1-11-8-12(21-10-19-9-20-21)4-5-13(11)17(22)24-16-14-6-7-23-15(14)18(16,2)3/h4-5,8-10,14-16H,6-7H2,1-3H3/t14-,15+,16+/m0/s1. The number of hydrogen-bond acceptors (Lipinski definition) is 5. The second-order valence-electron chi connectivity index (χ2n) is 7.23. The molecule has 6 nitrogen and oxygen atoms in total. The van der Waals surface area contributed by atoms with E-state index in [1.54, 1.807) is 17.1 Å². The second-order valence-corrected chi connectivity index (χ2v) is 7.23. The van der Waals surface area contributed by atoms with E-state index >= 15 is 0 Å². The molecule has 1 aliphatic heterocycles. The predicted octanol–water partition coefficient (Wildman–Crippen LogP) is 2.55. The number of aromatic nitrogens is 3. The topological polar surface area (TPSA) is 66.2 Å². The molecule has 0 radical (unpaired) electrons. The first-order valence-corrected chi connectivity index (χ1v) is 8.27. The summed E-state index contributed by atoms with van der Waals surface area (Å²) in [5.74, 6) is 0.0692. The van der Waals surface area contributed by atoms with Crippen molar-refractivity contribution >= 4 is 5.97 Å². The van der Waals surface area contributed by atoms with E-state index in [0.29, 0.717) is 11.5 Å². The van der Waals surface area contributed by atoms with Crippen LogP contribution in [0.4, 0.5) is 0 Å². The lowest BCUT2D eigenvalue weighted by molar-refractivity contribution is -0.183. The third-order valence-electron chi connectivity index (χ3n) is 5.34. The number of benzene rings is 1. The molecular formula is C18H21N3O3. The molecule has 0 unspecified atom stereocenters. The largest absolute Gasteiger partial charge is 0.458 e. The van der Waals surface area contributed by atoms with Crippen molar-refractivity contribution in [3.8, 4) is 5.69 Å². The monoisotopic (exact) mass is 327 g/mol. The lowest BCUT2D eigenvalue weighted by Gasteiger charge is -2.53. The van der Waals surface area contributed by atoms with Crippen LogP contribution in [-0.2, 0) is 9.47 Å². The first kappa shape index (κ1) is 15.3. The average molecular weight is 327 g/mol. The Morgan fingerprint density at radius 3 is 2.96 bits per heavy atom. The number of carbonyl (C=O) groups excluding carboxylic acids is 1. The molecule has 1 aliphatic carbocycles.